The SMILES string of the molecule is CCCN(N=Nc1cccc2ccccc12)c1cccc2ccccc12. The Balaban J connectivity index is 1.76. The summed E-state index contributed by atoms with van der Waals surface area (Å²) >= 11 is 0. The van der Waals surface area contributed by atoms with Gasteiger partial charge in [-0.3, -0.25) is 0 Å². The zero-order valence-corrected chi connectivity index (χ0v) is 14.8. The Labute approximate surface area is 153 Å². The van der Waals surface area contributed by atoms with Crippen molar-refractivity contribution in [1.29, 1.82) is 0 Å². The van der Waals surface area contributed by atoms with E-state index in [1.165, 1.54) is 16.2 Å². The van der Waals surface area contributed by atoms with E-state index in [9.17, 15) is 0 Å². The fourth-order valence-electron chi connectivity index (χ4n) is 3.26. The zero-order valence-electron chi connectivity index (χ0n) is 14.8. The number of hydrogen-bond acceptors (Lipinski definition) is 2. The quantitative estimate of drug-likeness (QED) is 0.287. The third kappa shape index (κ3) is 3.16. The van der Waals surface area contributed by atoms with Crippen molar-refractivity contribution in [2.75, 3.05) is 11.6 Å². The number of nitrogens with zero attached hydrogens (tertiary/aromatic N) is 3. The second-order valence-corrected chi connectivity index (χ2v) is 6.31. The van der Waals surface area contributed by atoms with Crippen LogP contribution in [0.3, 0.4) is 0 Å². The molecule has 0 saturated carbocycles. The fraction of sp³-hybridized carbons (Fsp3) is 0.130. The van der Waals surface area contributed by atoms with Crippen molar-refractivity contribution < 1.29 is 0 Å². The van der Waals surface area contributed by atoms with Crippen molar-refractivity contribution >= 4 is 32.9 Å². The molecule has 0 N–H and O–H groups in total. The number of hydrogen-bond donors (Lipinski definition) is 0. The summed E-state index contributed by atoms with van der Waals surface area (Å²) in [5, 5.41) is 15.9. The molecular formula is C23H21N3. The van der Waals surface area contributed by atoms with Crippen LogP contribution in [0.15, 0.2) is 95.3 Å². The lowest BCUT2D eigenvalue weighted by Crippen LogP contribution is -2.16. The minimum absolute atomic E-state index is 0.822. The van der Waals surface area contributed by atoms with Gasteiger partial charge < -0.3 is 0 Å². The van der Waals surface area contributed by atoms with Crippen molar-refractivity contribution in [2.24, 2.45) is 10.3 Å². The highest BCUT2D eigenvalue weighted by atomic mass is 15.5. The Hall–Kier alpha value is -3.20. The van der Waals surface area contributed by atoms with Crippen LogP contribution in [-0.4, -0.2) is 6.54 Å². The van der Waals surface area contributed by atoms with Crippen molar-refractivity contribution in [2.45, 2.75) is 13.3 Å². The zero-order chi connectivity index (χ0) is 17.8. The average molecular weight is 339 g/mol. The molecule has 4 rings (SSSR count). The van der Waals surface area contributed by atoms with Crippen LogP contribution in [0.5, 0.6) is 0 Å². The maximum atomic E-state index is 4.61. The molecule has 3 nitrogen and oxygen atoms in total. The average Bonchev–Trinajstić information content (AvgIpc) is 2.71. The lowest BCUT2D eigenvalue weighted by Gasteiger charge is -2.19. The summed E-state index contributed by atoms with van der Waals surface area (Å²) in [6, 6.07) is 29.1. The second kappa shape index (κ2) is 7.36. The first-order valence-corrected chi connectivity index (χ1v) is 9.01. The molecule has 0 aromatic heterocycles. The molecule has 4 aromatic rings. The van der Waals surface area contributed by atoms with Gasteiger partial charge >= 0.3 is 0 Å². The summed E-state index contributed by atoms with van der Waals surface area (Å²) < 4.78 is 0. The van der Waals surface area contributed by atoms with Crippen LogP contribution in [0.4, 0.5) is 11.4 Å². The number of anilines is 1. The number of benzene rings is 4. The van der Waals surface area contributed by atoms with Gasteiger partial charge in [0.05, 0.1) is 11.4 Å². The smallest absolute Gasteiger partial charge is 0.0952 e. The number of rotatable bonds is 5. The van der Waals surface area contributed by atoms with Gasteiger partial charge in [0.15, 0.2) is 0 Å². The maximum Gasteiger partial charge on any atom is 0.0952 e. The molecule has 0 aliphatic carbocycles. The van der Waals surface area contributed by atoms with Crippen molar-refractivity contribution in [1.82, 2.24) is 0 Å². The minimum Gasteiger partial charge on any atom is -0.246 e. The molecule has 26 heavy (non-hydrogen) atoms. The van der Waals surface area contributed by atoms with Gasteiger partial charge in [-0.05, 0) is 29.3 Å². The minimum atomic E-state index is 0.822. The monoisotopic (exact) mass is 339 g/mol. The van der Waals surface area contributed by atoms with E-state index >= 15 is 0 Å². The van der Waals surface area contributed by atoms with E-state index in [2.05, 4.69) is 77.9 Å². The van der Waals surface area contributed by atoms with Crippen LogP contribution >= 0.6 is 0 Å². The highest BCUT2D eigenvalue weighted by molar-refractivity contribution is 5.94. The molecule has 0 unspecified atom stereocenters. The third-order valence-corrected chi connectivity index (χ3v) is 4.51. The maximum absolute atomic E-state index is 4.61. The van der Waals surface area contributed by atoms with Crippen LogP contribution in [0, 0.1) is 0 Å². The first-order chi connectivity index (χ1) is 12.9. The Morgan fingerprint density at radius 3 is 2.08 bits per heavy atom. The van der Waals surface area contributed by atoms with Gasteiger partial charge in [-0.25, -0.2) is 5.01 Å². The third-order valence-electron chi connectivity index (χ3n) is 4.51. The molecule has 128 valence electrons. The van der Waals surface area contributed by atoms with Crippen molar-refractivity contribution in [3.05, 3.63) is 84.9 Å². The molecule has 0 bridgehead atoms. The molecule has 0 aliphatic rings. The van der Waals surface area contributed by atoms with Gasteiger partial charge in [-0.15, -0.1) is 5.11 Å². The molecule has 0 aliphatic heterocycles. The molecule has 0 saturated heterocycles. The Morgan fingerprint density at radius 1 is 0.692 bits per heavy atom. The summed E-state index contributed by atoms with van der Waals surface area (Å²) in [7, 11) is 0. The van der Waals surface area contributed by atoms with Crippen LogP contribution in [0.25, 0.3) is 21.5 Å². The van der Waals surface area contributed by atoms with Crippen LogP contribution in [0.1, 0.15) is 13.3 Å². The topological polar surface area (TPSA) is 28.0 Å². The molecular weight excluding hydrogens is 318 g/mol. The predicted molar refractivity (Wildman–Crippen MR) is 110 cm³/mol. The van der Waals surface area contributed by atoms with E-state index in [4.69, 9.17) is 0 Å². The van der Waals surface area contributed by atoms with Gasteiger partial charge in [0.2, 0.25) is 0 Å². The standard InChI is InChI=1S/C23H21N3/c1-2-17-26(23-16-8-12-19-10-4-6-14-21(19)23)25-24-22-15-7-11-18-9-3-5-13-20(18)22/h3-16H,2,17H2,1H3. The first-order valence-electron chi connectivity index (χ1n) is 9.01. The molecule has 4 aromatic carbocycles. The highest BCUT2D eigenvalue weighted by Gasteiger charge is 2.09. The molecule has 0 fully saturated rings. The van der Waals surface area contributed by atoms with E-state index in [1.807, 2.05) is 29.3 Å². The van der Waals surface area contributed by atoms with E-state index in [0.717, 1.165) is 29.7 Å². The Morgan fingerprint density at radius 2 is 1.31 bits per heavy atom. The van der Waals surface area contributed by atoms with Crippen LogP contribution in [0.2, 0.25) is 0 Å². The Bertz CT molecular complexity index is 1060. The highest BCUT2D eigenvalue weighted by Crippen LogP contribution is 2.30. The van der Waals surface area contributed by atoms with Gasteiger partial charge in [-0.2, -0.15) is 0 Å². The summed E-state index contributed by atoms with van der Waals surface area (Å²) in [5.41, 5.74) is 1.98. The summed E-state index contributed by atoms with van der Waals surface area (Å²) in [6.07, 6.45) is 0.998. The molecule has 0 atom stereocenters. The molecule has 0 heterocycles. The fourth-order valence-corrected chi connectivity index (χ4v) is 3.26. The van der Waals surface area contributed by atoms with Crippen LogP contribution in [-0.2, 0) is 0 Å². The summed E-state index contributed by atoms with van der Waals surface area (Å²) in [4.78, 5) is 0. The van der Waals surface area contributed by atoms with Gasteiger partial charge in [-0.1, -0.05) is 84.9 Å². The largest absolute Gasteiger partial charge is 0.246 e. The van der Waals surface area contributed by atoms with Gasteiger partial charge in [0, 0.05) is 17.3 Å². The first kappa shape index (κ1) is 16.3. The second-order valence-electron chi connectivity index (χ2n) is 6.31. The summed E-state index contributed by atoms with van der Waals surface area (Å²) in [5.74, 6) is 0. The van der Waals surface area contributed by atoms with E-state index < -0.39 is 0 Å². The van der Waals surface area contributed by atoms with E-state index in [1.54, 1.807) is 0 Å². The van der Waals surface area contributed by atoms with Crippen molar-refractivity contribution in [3.8, 4) is 0 Å². The van der Waals surface area contributed by atoms with Gasteiger partial charge in [0.1, 0.15) is 0 Å². The predicted octanol–water partition coefficient (Wildman–Crippen LogP) is 6.91. The molecule has 0 spiro atoms. The van der Waals surface area contributed by atoms with E-state index in [-0.39, 0.29) is 0 Å². The molecule has 3 heteroatoms. The molecule has 0 amide bonds. The number of fused-ring (bicyclic) bond motifs is 2. The van der Waals surface area contributed by atoms with Gasteiger partial charge in [0.25, 0.3) is 0 Å². The normalized spacial score (nSPS) is 11.4. The van der Waals surface area contributed by atoms with Crippen molar-refractivity contribution in [3.63, 3.8) is 0 Å². The lowest BCUT2D eigenvalue weighted by atomic mass is 10.1. The summed E-state index contributed by atoms with van der Waals surface area (Å²) in [6.45, 7) is 2.98. The lowest BCUT2D eigenvalue weighted by molar-refractivity contribution is 0.774. The van der Waals surface area contributed by atoms with E-state index in [0.29, 0.717) is 0 Å². The Kier molecular flexibility index (Phi) is 4.61. The molecule has 0 radical (unpaired) electrons. The van der Waals surface area contributed by atoms with Crippen LogP contribution < -0.4 is 5.01 Å².